The van der Waals surface area contributed by atoms with E-state index in [1.807, 2.05) is 12.1 Å². The molecular formula is C14H15BrN4O. The highest BCUT2D eigenvalue weighted by atomic mass is 79.9. The van der Waals surface area contributed by atoms with Gasteiger partial charge in [-0.15, -0.1) is 0 Å². The molecule has 2 aromatic rings. The number of hydrogen-bond acceptors (Lipinski definition) is 4. The minimum Gasteiger partial charge on any atom is -0.399 e. The van der Waals surface area contributed by atoms with Crippen molar-refractivity contribution >= 4 is 27.3 Å². The molecule has 0 saturated heterocycles. The fourth-order valence-electron chi connectivity index (χ4n) is 2.59. The van der Waals surface area contributed by atoms with E-state index in [0.717, 1.165) is 24.2 Å². The van der Waals surface area contributed by atoms with Gasteiger partial charge in [0.15, 0.2) is 0 Å². The molecule has 1 aromatic heterocycles. The Balaban J connectivity index is 1.92. The van der Waals surface area contributed by atoms with Crippen molar-refractivity contribution in [3.05, 3.63) is 50.3 Å². The van der Waals surface area contributed by atoms with E-state index in [9.17, 15) is 4.79 Å². The molecule has 1 heterocycles. The number of nitrogen functional groups attached to an aromatic ring is 1. The number of halogens is 1. The lowest BCUT2D eigenvalue weighted by Crippen LogP contribution is -2.22. The minimum absolute atomic E-state index is 0.148. The molecule has 1 aromatic carbocycles. The SMILES string of the molecule is Cn1ncc(NC2CCc3cc(N)ccc32)c(Br)c1=O. The molecule has 0 fully saturated rings. The van der Waals surface area contributed by atoms with Crippen LogP contribution in [0.2, 0.25) is 0 Å². The van der Waals surface area contributed by atoms with Crippen LogP contribution >= 0.6 is 15.9 Å². The largest absolute Gasteiger partial charge is 0.399 e. The van der Waals surface area contributed by atoms with Gasteiger partial charge in [0.05, 0.1) is 17.9 Å². The molecule has 6 heteroatoms. The molecular weight excluding hydrogens is 320 g/mol. The predicted octanol–water partition coefficient (Wildman–Crippen LogP) is 2.22. The van der Waals surface area contributed by atoms with Gasteiger partial charge in [0.25, 0.3) is 5.56 Å². The normalized spacial score (nSPS) is 17.0. The summed E-state index contributed by atoms with van der Waals surface area (Å²) in [6.07, 6.45) is 3.65. The van der Waals surface area contributed by atoms with Crippen molar-refractivity contribution in [1.82, 2.24) is 9.78 Å². The molecule has 1 aliphatic carbocycles. The van der Waals surface area contributed by atoms with E-state index >= 15 is 0 Å². The fraction of sp³-hybridized carbons (Fsp3) is 0.286. The molecule has 0 radical (unpaired) electrons. The Morgan fingerprint density at radius 2 is 2.30 bits per heavy atom. The Hall–Kier alpha value is -1.82. The van der Waals surface area contributed by atoms with Crippen LogP contribution in [-0.4, -0.2) is 9.78 Å². The second-order valence-electron chi connectivity index (χ2n) is 4.99. The maximum absolute atomic E-state index is 11.9. The summed E-state index contributed by atoms with van der Waals surface area (Å²) in [7, 11) is 1.63. The first kappa shape index (κ1) is 13.2. The summed E-state index contributed by atoms with van der Waals surface area (Å²) in [5, 5.41) is 7.43. The van der Waals surface area contributed by atoms with Crippen molar-refractivity contribution in [2.45, 2.75) is 18.9 Å². The van der Waals surface area contributed by atoms with Crippen LogP contribution in [0.5, 0.6) is 0 Å². The average Bonchev–Trinajstić information content (AvgIpc) is 2.82. The maximum atomic E-state index is 11.9. The zero-order valence-corrected chi connectivity index (χ0v) is 12.6. The van der Waals surface area contributed by atoms with E-state index in [4.69, 9.17) is 5.73 Å². The first-order valence-electron chi connectivity index (χ1n) is 6.43. The Bertz CT molecular complexity index is 726. The van der Waals surface area contributed by atoms with Crippen molar-refractivity contribution in [2.75, 3.05) is 11.1 Å². The molecule has 104 valence electrons. The molecule has 0 amide bonds. The van der Waals surface area contributed by atoms with Gasteiger partial charge in [-0.2, -0.15) is 5.10 Å². The number of nitrogens with zero attached hydrogens (tertiary/aromatic N) is 2. The van der Waals surface area contributed by atoms with Gasteiger partial charge < -0.3 is 11.1 Å². The summed E-state index contributed by atoms with van der Waals surface area (Å²) in [4.78, 5) is 11.9. The lowest BCUT2D eigenvalue weighted by molar-refractivity contribution is 0.697. The molecule has 1 aliphatic rings. The van der Waals surface area contributed by atoms with Crippen LogP contribution in [-0.2, 0) is 13.5 Å². The van der Waals surface area contributed by atoms with Crippen LogP contribution in [0.3, 0.4) is 0 Å². The lowest BCUT2D eigenvalue weighted by Gasteiger charge is -2.16. The number of fused-ring (bicyclic) bond motifs is 1. The van der Waals surface area contributed by atoms with Crippen LogP contribution in [0, 0.1) is 0 Å². The standard InChI is InChI=1S/C14H15BrN4O/c1-19-14(20)13(15)12(7-17-19)18-11-5-2-8-6-9(16)3-4-10(8)11/h3-4,6-7,11,18H,2,5,16H2,1H3. The van der Waals surface area contributed by atoms with Crippen LogP contribution < -0.4 is 16.6 Å². The lowest BCUT2D eigenvalue weighted by atomic mass is 10.1. The van der Waals surface area contributed by atoms with E-state index in [2.05, 4.69) is 32.4 Å². The molecule has 3 rings (SSSR count). The average molecular weight is 335 g/mol. The highest BCUT2D eigenvalue weighted by molar-refractivity contribution is 9.10. The summed E-state index contributed by atoms with van der Waals surface area (Å²) in [5.74, 6) is 0. The summed E-state index contributed by atoms with van der Waals surface area (Å²) in [6.45, 7) is 0. The maximum Gasteiger partial charge on any atom is 0.282 e. The Labute approximate surface area is 124 Å². The van der Waals surface area contributed by atoms with Crippen LogP contribution in [0.4, 0.5) is 11.4 Å². The number of rotatable bonds is 2. The zero-order valence-electron chi connectivity index (χ0n) is 11.1. The predicted molar refractivity (Wildman–Crippen MR) is 82.7 cm³/mol. The van der Waals surface area contributed by atoms with Crippen LogP contribution in [0.25, 0.3) is 0 Å². The number of aryl methyl sites for hydroxylation is 2. The minimum atomic E-state index is -0.148. The van der Waals surface area contributed by atoms with Gasteiger partial charge in [-0.25, -0.2) is 4.68 Å². The van der Waals surface area contributed by atoms with Crippen molar-refractivity contribution in [2.24, 2.45) is 7.05 Å². The highest BCUT2D eigenvalue weighted by Gasteiger charge is 2.23. The third-order valence-corrected chi connectivity index (χ3v) is 4.42. The monoisotopic (exact) mass is 334 g/mol. The number of benzene rings is 1. The molecule has 0 bridgehead atoms. The van der Waals surface area contributed by atoms with E-state index in [1.54, 1.807) is 13.2 Å². The van der Waals surface area contributed by atoms with Crippen molar-refractivity contribution < 1.29 is 0 Å². The van der Waals surface area contributed by atoms with Gasteiger partial charge in [0.1, 0.15) is 4.47 Å². The van der Waals surface area contributed by atoms with E-state index in [-0.39, 0.29) is 11.6 Å². The van der Waals surface area contributed by atoms with Gasteiger partial charge in [-0.1, -0.05) is 6.07 Å². The second kappa shape index (κ2) is 4.94. The number of aromatic nitrogens is 2. The number of nitrogens with one attached hydrogen (secondary N) is 1. The quantitative estimate of drug-likeness (QED) is 0.826. The van der Waals surface area contributed by atoms with Crippen LogP contribution in [0.1, 0.15) is 23.6 Å². The van der Waals surface area contributed by atoms with Gasteiger partial charge in [-0.05, 0) is 52.0 Å². The highest BCUT2D eigenvalue weighted by Crippen LogP contribution is 2.35. The summed E-state index contributed by atoms with van der Waals surface area (Å²) in [5.41, 5.74) is 9.69. The Morgan fingerprint density at radius 3 is 3.10 bits per heavy atom. The smallest absolute Gasteiger partial charge is 0.282 e. The van der Waals surface area contributed by atoms with Crippen molar-refractivity contribution in [3.8, 4) is 0 Å². The summed E-state index contributed by atoms with van der Waals surface area (Å²) < 4.78 is 1.82. The molecule has 3 N–H and O–H groups in total. The summed E-state index contributed by atoms with van der Waals surface area (Å²) in [6, 6.07) is 6.18. The third kappa shape index (κ3) is 2.20. The summed E-state index contributed by atoms with van der Waals surface area (Å²) >= 11 is 3.33. The molecule has 0 spiro atoms. The van der Waals surface area contributed by atoms with E-state index in [0.29, 0.717) is 4.47 Å². The Kier molecular flexibility index (Phi) is 3.25. The zero-order chi connectivity index (χ0) is 14.3. The fourth-order valence-corrected chi connectivity index (χ4v) is 3.06. The number of hydrogen-bond donors (Lipinski definition) is 2. The first-order chi connectivity index (χ1) is 9.56. The molecule has 1 atom stereocenters. The van der Waals surface area contributed by atoms with Gasteiger partial charge in [-0.3, -0.25) is 4.79 Å². The number of anilines is 2. The van der Waals surface area contributed by atoms with Gasteiger partial charge >= 0.3 is 0 Å². The second-order valence-corrected chi connectivity index (χ2v) is 5.79. The third-order valence-electron chi connectivity index (χ3n) is 3.65. The number of nitrogens with two attached hydrogens (primary N) is 1. The van der Waals surface area contributed by atoms with Crippen LogP contribution in [0.15, 0.2) is 33.7 Å². The first-order valence-corrected chi connectivity index (χ1v) is 7.22. The molecule has 20 heavy (non-hydrogen) atoms. The topological polar surface area (TPSA) is 72.9 Å². The molecule has 1 unspecified atom stereocenters. The van der Waals surface area contributed by atoms with Gasteiger partial charge in [0.2, 0.25) is 0 Å². The molecule has 5 nitrogen and oxygen atoms in total. The molecule has 0 aliphatic heterocycles. The van der Waals surface area contributed by atoms with Crippen molar-refractivity contribution in [1.29, 1.82) is 0 Å². The van der Waals surface area contributed by atoms with E-state index in [1.165, 1.54) is 15.8 Å². The van der Waals surface area contributed by atoms with Gasteiger partial charge in [0, 0.05) is 12.7 Å². The van der Waals surface area contributed by atoms with Crippen molar-refractivity contribution in [3.63, 3.8) is 0 Å². The van der Waals surface area contributed by atoms with E-state index < -0.39 is 0 Å². The Morgan fingerprint density at radius 1 is 1.50 bits per heavy atom. The molecule has 0 saturated carbocycles.